The number of nitrogens with zero attached hydrogens (tertiary/aromatic N) is 3. The molecule has 0 aliphatic carbocycles. The summed E-state index contributed by atoms with van der Waals surface area (Å²) in [5.41, 5.74) is 3.40. The van der Waals surface area contributed by atoms with Gasteiger partial charge in [-0.2, -0.15) is 13.2 Å². The Hall–Kier alpha value is -3.60. The third kappa shape index (κ3) is 5.73. The van der Waals surface area contributed by atoms with E-state index in [2.05, 4.69) is 19.4 Å². The number of carboxylic acids is 1. The third-order valence-corrected chi connectivity index (χ3v) is 6.07. The normalized spacial score (nSPS) is 12.5. The van der Waals surface area contributed by atoms with Crippen LogP contribution in [0.4, 0.5) is 20.2 Å². The Balaban J connectivity index is 0.00000167. The van der Waals surface area contributed by atoms with Gasteiger partial charge in [0, 0.05) is 23.4 Å². The number of halogens is 2. The van der Waals surface area contributed by atoms with Gasteiger partial charge in [-0.25, -0.2) is 9.78 Å². The number of aromatic nitrogens is 2. The molecule has 1 aliphatic heterocycles. The first-order valence-electron chi connectivity index (χ1n) is 11.0. The SMILES string of the molecule is CC.Cc1nsc(-c2ccc(C)c(NCC(=O)N3CCc4c(OC(F)(F)C(=O)O)cccc43)c2)n1. The zero-order valence-corrected chi connectivity index (χ0v) is 20.6. The highest BCUT2D eigenvalue weighted by Crippen LogP contribution is 2.37. The monoisotopic (exact) mass is 504 g/mol. The summed E-state index contributed by atoms with van der Waals surface area (Å²) in [5, 5.41) is 12.6. The molecule has 11 heteroatoms. The van der Waals surface area contributed by atoms with Crippen molar-refractivity contribution in [1.82, 2.24) is 9.36 Å². The summed E-state index contributed by atoms with van der Waals surface area (Å²) in [6.07, 6.45) is -4.08. The fraction of sp³-hybridized carbons (Fsp3) is 0.333. The summed E-state index contributed by atoms with van der Waals surface area (Å²) in [5.74, 6) is -2.19. The van der Waals surface area contributed by atoms with E-state index in [1.165, 1.54) is 28.6 Å². The molecule has 0 bridgehead atoms. The zero-order chi connectivity index (χ0) is 25.8. The van der Waals surface area contributed by atoms with E-state index in [1.54, 1.807) is 6.07 Å². The maximum Gasteiger partial charge on any atom is 0.501 e. The van der Waals surface area contributed by atoms with E-state index in [1.807, 2.05) is 45.9 Å². The number of benzene rings is 2. The van der Waals surface area contributed by atoms with Gasteiger partial charge in [-0.05, 0) is 55.6 Å². The second-order valence-corrected chi connectivity index (χ2v) is 8.26. The van der Waals surface area contributed by atoms with Crippen LogP contribution in [0.25, 0.3) is 10.6 Å². The zero-order valence-electron chi connectivity index (χ0n) is 19.8. The molecule has 35 heavy (non-hydrogen) atoms. The predicted molar refractivity (Wildman–Crippen MR) is 130 cm³/mol. The third-order valence-electron chi connectivity index (χ3n) is 5.21. The molecular weight excluding hydrogens is 478 g/mol. The Kier molecular flexibility index (Phi) is 8.00. The summed E-state index contributed by atoms with van der Waals surface area (Å²) in [4.78, 5) is 29.5. The number of aryl methyl sites for hydroxylation is 2. The van der Waals surface area contributed by atoms with Crippen LogP contribution in [-0.4, -0.2) is 45.5 Å². The first-order valence-corrected chi connectivity index (χ1v) is 11.8. The summed E-state index contributed by atoms with van der Waals surface area (Å²) >= 11 is 1.30. The van der Waals surface area contributed by atoms with E-state index in [4.69, 9.17) is 5.11 Å². The molecule has 0 unspecified atom stereocenters. The van der Waals surface area contributed by atoms with Crippen LogP contribution < -0.4 is 15.0 Å². The molecule has 2 N–H and O–H groups in total. The van der Waals surface area contributed by atoms with Crippen molar-refractivity contribution < 1.29 is 28.2 Å². The topological polar surface area (TPSA) is 105 Å². The number of carboxylic acid groups (broad SMARTS) is 1. The molecule has 1 aromatic heterocycles. The Morgan fingerprint density at radius 1 is 1.23 bits per heavy atom. The number of nitrogens with one attached hydrogen (secondary N) is 1. The van der Waals surface area contributed by atoms with Gasteiger partial charge in [-0.1, -0.05) is 32.0 Å². The van der Waals surface area contributed by atoms with E-state index >= 15 is 0 Å². The Labute approximate surface area is 205 Å². The molecule has 8 nitrogen and oxygen atoms in total. The van der Waals surface area contributed by atoms with Crippen LogP contribution in [0.3, 0.4) is 0 Å². The highest BCUT2D eigenvalue weighted by atomic mass is 32.1. The molecule has 0 spiro atoms. The first kappa shape index (κ1) is 26.0. The molecule has 0 saturated carbocycles. The van der Waals surface area contributed by atoms with Gasteiger partial charge < -0.3 is 20.1 Å². The fourth-order valence-electron chi connectivity index (χ4n) is 3.56. The number of carbonyl (C=O) groups excluding carboxylic acids is 1. The second-order valence-electron chi connectivity index (χ2n) is 7.50. The number of anilines is 2. The van der Waals surface area contributed by atoms with Crippen molar-refractivity contribution in [2.45, 2.75) is 40.2 Å². The van der Waals surface area contributed by atoms with Crippen LogP contribution in [0.2, 0.25) is 0 Å². The number of rotatable bonds is 7. The van der Waals surface area contributed by atoms with E-state index in [0.29, 0.717) is 17.1 Å². The van der Waals surface area contributed by atoms with Gasteiger partial charge in [0.05, 0.1) is 12.2 Å². The van der Waals surface area contributed by atoms with Crippen LogP contribution in [0.15, 0.2) is 36.4 Å². The summed E-state index contributed by atoms with van der Waals surface area (Å²) in [6.45, 7) is 7.99. The van der Waals surface area contributed by atoms with Gasteiger partial charge in [-0.15, -0.1) is 0 Å². The molecule has 4 rings (SSSR count). The van der Waals surface area contributed by atoms with Crippen molar-refractivity contribution in [2.75, 3.05) is 23.3 Å². The molecule has 3 aromatic rings. The average Bonchev–Trinajstić information content (AvgIpc) is 3.46. The fourth-order valence-corrected chi connectivity index (χ4v) is 4.23. The van der Waals surface area contributed by atoms with Crippen molar-refractivity contribution in [3.63, 3.8) is 0 Å². The number of aliphatic carboxylic acids is 1. The molecule has 1 aliphatic rings. The van der Waals surface area contributed by atoms with Crippen LogP contribution >= 0.6 is 11.5 Å². The van der Waals surface area contributed by atoms with Crippen molar-refractivity contribution in [3.05, 3.63) is 53.3 Å². The van der Waals surface area contributed by atoms with Crippen LogP contribution in [0, 0.1) is 13.8 Å². The van der Waals surface area contributed by atoms with Gasteiger partial charge in [0.1, 0.15) is 16.6 Å². The lowest BCUT2D eigenvalue weighted by Crippen LogP contribution is -2.35. The van der Waals surface area contributed by atoms with E-state index < -0.39 is 12.1 Å². The van der Waals surface area contributed by atoms with Crippen molar-refractivity contribution in [3.8, 4) is 16.3 Å². The van der Waals surface area contributed by atoms with Gasteiger partial charge in [0.25, 0.3) is 0 Å². The Morgan fingerprint density at radius 3 is 2.63 bits per heavy atom. The van der Waals surface area contributed by atoms with E-state index in [9.17, 15) is 18.4 Å². The number of ether oxygens (including phenoxy) is 1. The first-order chi connectivity index (χ1) is 16.7. The number of alkyl halides is 2. The summed E-state index contributed by atoms with van der Waals surface area (Å²) in [6, 6.07) is 10.1. The van der Waals surface area contributed by atoms with Crippen LogP contribution in [0.1, 0.15) is 30.8 Å². The predicted octanol–water partition coefficient (Wildman–Crippen LogP) is 4.91. The van der Waals surface area contributed by atoms with Crippen LogP contribution in [-0.2, 0) is 16.0 Å². The largest absolute Gasteiger partial charge is 0.501 e. The summed E-state index contributed by atoms with van der Waals surface area (Å²) in [7, 11) is 0. The van der Waals surface area contributed by atoms with E-state index in [-0.39, 0.29) is 31.2 Å². The number of carbonyl (C=O) groups is 2. The van der Waals surface area contributed by atoms with E-state index in [0.717, 1.165) is 21.8 Å². The van der Waals surface area contributed by atoms with Gasteiger partial charge >= 0.3 is 12.1 Å². The van der Waals surface area contributed by atoms with Crippen LogP contribution in [0.5, 0.6) is 5.75 Å². The number of hydrogen-bond donors (Lipinski definition) is 2. The maximum atomic E-state index is 13.5. The smallest absolute Gasteiger partial charge is 0.474 e. The average molecular weight is 505 g/mol. The highest BCUT2D eigenvalue weighted by Gasteiger charge is 2.43. The molecule has 0 atom stereocenters. The minimum absolute atomic E-state index is 0.0186. The molecule has 2 heterocycles. The van der Waals surface area contributed by atoms with Gasteiger partial charge in [-0.3, -0.25) is 4.79 Å². The minimum atomic E-state index is -4.36. The lowest BCUT2D eigenvalue weighted by atomic mass is 10.1. The maximum absolute atomic E-state index is 13.5. The summed E-state index contributed by atoms with van der Waals surface area (Å²) < 4.78 is 35.7. The number of amides is 1. The minimum Gasteiger partial charge on any atom is -0.474 e. The molecule has 0 fully saturated rings. The lowest BCUT2D eigenvalue weighted by molar-refractivity contribution is -0.211. The second kappa shape index (κ2) is 10.8. The quantitative estimate of drug-likeness (QED) is 0.471. The Morgan fingerprint density at radius 2 is 1.97 bits per heavy atom. The highest BCUT2D eigenvalue weighted by molar-refractivity contribution is 7.09. The molecule has 0 radical (unpaired) electrons. The van der Waals surface area contributed by atoms with Crippen molar-refractivity contribution in [2.24, 2.45) is 0 Å². The Bertz CT molecular complexity index is 1230. The standard InChI is InChI=1S/C22H20F2N4O4S.C2H6/c1-12-6-7-14(20-26-13(2)27-33-20)10-16(12)25-11-19(29)28-9-8-15-17(28)4-3-5-18(15)32-22(23,24)21(30)31;1-2/h3-7,10,25H,8-9,11H2,1-2H3,(H,30,31);1-2H3. The van der Waals surface area contributed by atoms with Crippen molar-refractivity contribution >= 4 is 34.8 Å². The molecule has 1 amide bonds. The number of hydrogen-bond acceptors (Lipinski definition) is 7. The molecular formula is C24H26F2N4O4S. The number of fused-ring (bicyclic) bond motifs is 1. The van der Waals surface area contributed by atoms with Gasteiger partial charge in [0.2, 0.25) is 5.91 Å². The molecule has 2 aromatic carbocycles. The van der Waals surface area contributed by atoms with Crippen molar-refractivity contribution in [1.29, 1.82) is 0 Å². The lowest BCUT2D eigenvalue weighted by Gasteiger charge is -2.20. The molecule has 0 saturated heterocycles. The molecule has 186 valence electrons. The van der Waals surface area contributed by atoms with Gasteiger partial charge in [0.15, 0.2) is 0 Å².